The number of benzene rings is 2. The molecule has 3 aliphatic rings. The number of nitrogens with one attached hydrogen (secondary N) is 2. The Morgan fingerprint density at radius 3 is 2.30 bits per heavy atom. The maximum atomic E-state index is 11.3. The molecule has 0 spiro atoms. The standard InChI is InChI=1S/C26H31N3O4/c1-24(2,3)22-28-29-23(33-22)27-20-10-6-18(7-11-20)17-4-8-19(9-5-17)25-12-13-26(15-25,32-16-25)14-21(30)31/h4-11,22,28H,12-16H2,1-3H3,(H,27,29)(H,30,31). The van der Waals surface area contributed by atoms with Gasteiger partial charge < -0.3 is 14.6 Å². The van der Waals surface area contributed by atoms with E-state index in [1.165, 1.54) is 5.56 Å². The highest BCUT2D eigenvalue weighted by Gasteiger charge is 2.57. The lowest BCUT2D eigenvalue weighted by atomic mass is 9.79. The second-order valence-electron chi connectivity index (χ2n) is 10.7. The van der Waals surface area contributed by atoms with Crippen molar-refractivity contribution in [2.24, 2.45) is 10.4 Å². The fourth-order valence-corrected chi connectivity index (χ4v) is 5.21. The van der Waals surface area contributed by atoms with Crippen LogP contribution < -0.4 is 10.9 Å². The van der Waals surface area contributed by atoms with Crippen molar-refractivity contribution >= 4 is 17.7 Å². The summed E-state index contributed by atoms with van der Waals surface area (Å²) in [4.78, 5) is 15.8. The van der Waals surface area contributed by atoms with Gasteiger partial charge in [-0.15, -0.1) is 0 Å². The van der Waals surface area contributed by atoms with Gasteiger partial charge in [-0.3, -0.25) is 10.2 Å². The van der Waals surface area contributed by atoms with E-state index in [1.54, 1.807) is 0 Å². The Morgan fingerprint density at radius 2 is 1.76 bits per heavy atom. The van der Waals surface area contributed by atoms with Crippen LogP contribution in [0.1, 0.15) is 52.0 Å². The van der Waals surface area contributed by atoms with E-state index < -0.39 is 11.6 Å². The van der Waals surface area contributed by atoms with Crippen molar-refractivity contribution in [2.45, 2.75) is 63.7 Å². The summed E-state index contributed by atoms with van der Waals surface area (Å²) in [7, 11) is 0. The molecule has 2 heterocycles. The van der Waals surface area contributed by atoms with E-state index in [2.05, 4.69) is 73.0 Å². The van der Waals surface area contributed by atoms with E-state index in [9.17, 15) is 9.90 Å². The first-order chi connectivity index (χ1) is 15.7. The summed E-state index contributed by atoms with van der Waals surface area (Å²) < 4.78 is 11.8. The number of aliphatic imine (C=N–C) groups is 1. The molecule has 2 saturated heterocycles. The molecular formula is C26H31N3O4. The van der Waals surface area contributed by atoms with Crippen LogP contribution in [0.2, 0.25) is 0 Å². The zero-order valence-corrected chi connectivity index (χ0v) is 19.4. The molecule has 3 unspecified atom stereocenters. The number of ether oxygens (including phenoxy) is 2. The minimum Gasteiger partial charge on any atom is -0.481 e. The van der Waals surface area contributed by atoms with Gasteiger partial charge in [-0.05, 0) is 48.1 Å². The van der Waals surface area contributed by atoms with Crippen molar-refractivity contribution < 1.29 is 19.4 Å². The van der Waals surface area contributed by atoms with Gasteiger partial charge in [0.15, 0.2) is 6.23 Å². The SMILES string of the molecule is CC(C)(C)C1NNC(=Nc2ccc(-c3ccc(C45CCC(CC(=O)O)(C4)OC5)cc3)cc2)O1. The van der Waals surface area contributed by atoms with Crippen LogP contribution in [-0.2, 0) is 19.7 Å². The van der Waals surface area contributed by atoms with Crippen LogP contribution in [0.25, 0.3) is 11.1 Å². The summed E-state index contributed by atoms with van der Waals surface area (Å²) in [6.45, 7) is 6.92. The van der Waals surface area contributed by atoms with Crippen molar-refractivity contribution in [3.8, 4) is 11.1 Å². The lowest BCUT2D eigenvalue weighted by Crippen LogP contribution is -2.39. The fraction of sp³-hybridized carbons (Fsp3) is 0.462. The number of hydrogen-bond acceptors (Lipinski definition) is 5. The maximum absolute atomic E-state index is 11.3. The monoisotopic (exact) mass is 449 g/mol. The van der Waals surface area contributed by atoms with Gasteiger partial charge in [-0.2, -0.15) is 10.4 Å². The third-order valence-electron chi connectivity index (χ3n) is 7.10. The zero-order chi connectivity index (χ0) is 23.3. The number of aliphatic carboxylic acids is 1. The van der Waals surface area contributed by atoms with Gasteiger partial charge in [0.25, 0.3) is 0 Å². The summed E-state index contributed by atoms with van der Waals surface area (Å²) in [6, 6.07) is 17.2. The van der Waals surface area contributed by atoms with Crippen LogP contribution >= 0.6 is 0 Å². The van der Waals surface area contributed by atoms with Crippen molar-refractivity contribution in [3.63, 3.8) is 0 Å². The number of hydrogen-bond donors (Lipinski definition) is 3. The van der Waals surface area contributed by atoms with Gasteiger partial charge >= 0.3 is 12.0 Å². The summed E-state index contributed by atoms with van der Waals surface area (Å²) in [5.41, 5.74) is 9.84. The second-order valence-corrected chi connectivity index (χ2v) is 10.7. The quantitative estimate of drug-likeness (QED) is 0.622. The topological polar surface area (TPSA) is 92.2 Å². The molecule has 1 aliphatic carbocycles. The fourth-order valence-electron chi connectivity index (χ4n) is 5.21. The number of amidine groups is 1. The molecule has 7 heteroatoms. The second kappa shape index (κ2) is 7.85. The maximum Gasteiger partial charge on any atom is 0.306 e. The molecule has 3 N–H and O–H groups in total. The van der Waals surface area contributed by atoms with Crippen molar-refractivity contribution in [2.75, 3.05) is 6.61 Å². The summed E-state index contributed by atoms with van der Waals surface area (Å²) in [5, 5.41) is 9.25. The highest BCUT2D eigenvalue weighted by molar-refractivity contribution is 5.78. The van der Waals surface area contributed by atoms with E-state index in [0.717, 1.165) is 36.1 Å². The number of carbonyl (C=O) groups is 1. The molecule has 174 valence electrons. The van der Waals surface area contributed by atoms with E-state index in [0.29, 0.717) is 12.6 Å². The average Bonchev–Trinajstić information content (AvgIpc) is 3.48. The third kappa shape index (κ3) is 4.23. The smallest absolute Gasteiger partial charge is 0.306 e. The Bertz CT molecular complexity index is 1060. The van der Waals surface area contributed by atoms with Crippen molar-refractivity contribution in [1.29, 1.82) is 0 Å². The third-order valence-corrected chi connectivity index (χ3v) is 7.10. The summed E-state index contributed by atoms with van der Waals surface area (Å²) >= 11 is 0. The Kier molecular flexibility index (Phi) is 5.21. The lowest BCUT2D eigenvalue weighted by molar-refractivity contribution is -0.143. The van der Waals surface area contributed by atoms with Gasteiger partial charge in [0.05, 0.1) is 24.3 Å². The van der Waals surface area contributed by atoms with Crippen molar-refractivity contribution in [1.82, 2.24) is 10.9 Å². The molecule has 7 nitrogen and oxygen atoms in total. The molecule has 2 bridgehead atoms. The molecular weight excluding hydrogens is 418 g/mol. The molecule has 3 atom stereocenters. The average molecular weight is 450 g/mol. The molecule has 5 rings (SSSR count). The number of hydrazine groups is 1. The highest BCUT2D eigenvalue weighted by Crippen LogP contribution is 2.55. The number of carboxylic acids is 1. The normalized spacial score (nSPS) is 29.8. The Balaban J connectivity index is 1.27. The number of fused-ring (bicyclic) bond motifs is 2. The van der Waals surface area contributed by atoms with Crippen LogP contribution in [0.4, 0.5) is 5.69 Å². The van der Waals surface area contributed by atoms with E-state index in [1.807, 2.05) is 12.1 Å². The van der Waals surface area contributed by atoms with Crippen LogP contribution in [0.5, 0.6) is 0 Å². The van der Waals surface area contributed by atoms with Gasteiger partial charge in [-0.25, -0.2) is 0 Å². The van der Waals surface area contributed by atoms with Crippen LogP contribution in [0.15, 0.2) is 53.5 Å². The summed E-state index contributed by atoms with van der Waals surface area (Å²) in [6.07, 6.45) is 2.55. The molecule has 0 radical (unpaired) electrons. The molecule has 1 saturated carbocycles. The minimum absolute atomic E-state index is 0.0409. The molecule has 2 aliphatic heterocycles. The van der Waals surface area contributed by atoms with Gasteiger partial charge in [0.1, 0.15) is 0 Å². The van der Waals surface area contributed by atoms with Gasteiger partial charge in [0.2, 0.25) is 0 Å². The Hall–Kier alpha value is -2.90. The number of carboxylic acid groups (broad SMARTS) is 1. The van der Waals surface area contributed by atoms with E-state index in [4.69, 9.17) is 9.47 Å². The van der Waals surface area contributed by atoms with Gasteiger partial charge in [0, 0.05) is 10.8 Å². The van der Waals surface area contributed by atoms with E-state index >= 15 is 0 Å². The number of rotatable bonds is 5. The summed E-state index contributed by atoms with van der Waals surface area (Å²) in [5.74, 6) is -0.780. The largest absolute Gasteiger partial charge is 0.481 e. The first-order valence-electron chi connectivity index (χ1n) is 11.5. The predicted octanol–water partition coefficient (Wildman–Crippen LogP) is 4.50. The molecule has 3 fully saturated rings. The molecule has 0 aromatic heterocycles. The highest BCUT2D eigenvalue weighted by atomic mass is 16.5. The Morgan fingerprint density at radius 1 is 1.09 bits per heavy atom. The van der Waals surface area contributed by atoms with Crippen LogP contribution in [-0.4, -0.2) is 35.5 Å². The first-order valence-corrected chi connectivity index (χ1v) is 11.5. The zero-order valence-electron chi connectivity index (χ0n) is 19.4. The first kappa shape index (κ1) is 21.9. The number of nitrogens with zero attached hydrogens (tertiary/aromatic N) is 1. The molecule has 0 amide bonds. The minimum atomic E-state index is -0.780. The lowest BCUT2D eigenvalue weighted by Gasteiger charge is -2.28. The molecule has 33 heavy (non-hydrogen) atoms. The Labute approximate surface area is 194 Å². The molecule has 2 aromatic rings. The molecule has 2 aromatic carbocycles. The van der Waals surface area contributed by atoms with Crippen LogP contribution in [0, 0.1) is 5.41 Å². The van der Waals surface area contributed by atoms with E-state index in [-0.39, 0.29) is 23.5 Å². The van der Waals surface area contributed by atoms with Crippen molar-refractivity contribution in [3.05, 3.63) is 54.1 Å². The van der Waals surface area contributed by atoms with Crippen LogP contribution in [0.3, 0.4) is 0 Å². The van der Waals surface area contributed by atoms with Gasteiger partial charge in [-0.1, -0.05) is 57.2 Å². The predicted molar refractivity (Wildman–Crippen MR) is 126 cm³/mol.